The molecule has 10 nitrogen and oxygen atoms in total. The molecule has 28 heavy (non-hydrogen) atoms. The first-order valence-corrected chi connectivity index (χ1v) is 9.38. The third-order valence-electron chi connectivity index (χ3n) is 3.81. The van der Waals surface area contributed by atoms with Crippen LogP contribution in [-0.4, -0.2) is 33.0 Å². The van der Waals surface area contributed by atoms with Crippen LogP contribution in [0.1, 0.15) is 17.5 Å². The van der Waals surface area contributed by atoms with Crippen LogP contribution in [0.4, 0.5) is 11.4 Å². The van der Waals surface area contributed by atoms with E-state index in [1.807, 2.05) is 13.0 Å². The SMILES string of the molecule is Cc1cccc(N=Nc2c(C(O)O)[nH]n(-c3ccc(S(=O)(=O)O)cc3)c2=O)c1. The first kappa shape index (κ1) is 19.6. The Labute approximate surface area is 159 Å². The minimum absolute atomic E-state index is 0.191. The highest BCUT2D eigenvalue weighted by molar-refractivity contribution is 7.85. The van der Waals surface area contributed by atoms with Crippen molar-refractivity contribution in [1.82, 2.24) is 9.78 Å². The first-order chi connectivity index (χ1) is 13.2. The van der Waals surface area contributed by atoms with Crippen LogP contribution in [0.2, 0.25) is 0 Å². The lowest BCUT2D eigenvalue weighted by Crippen LogP contribution is -2.14. The Bertz CT molecular complexity index is 1190. The van der Waals surface area contributed by atoms with E-state index in [-0.39, 0.29) is 22.0 Å². The highest BCUT2D eigenvalue weighted by Gasteiger charge is 2.20. The number of nitrogens with zero attached hydrogens (tertiary/aromatic N) is 3. The van der Waals surface area contributed by atoms with Crippen molar-refractivity contribution in [1.29, 1.82) is 0 Å². The predicted octanol–water partition coefficient (Wildman–Crippen LogP) is 2.12. The maximum absolute atomic E-state index is 12.7. The molecule has 0 aliphatic carbocycles. The number of hydrogen-bond donors (Lipinski definition) is 4. The number of rotatable bonds is 5. The summed E-state index contributed by atoms with van der Waals surface area (Å²) < 4.78 is 32.2. The van der Waals surface area contributed by atoms with Gasteiger partial charge in [0.25, 0.3) is 15.7 Å². The lowest BCUT2D eigenvalue weighted by atomic mass is 10.2. The van der Waals surface area contributed by atoms with Gasteiger partial charge in [0.2, 0.25) is 0 Å². The van der Waals surface area contributed by atoms with Crippen LogP contribution >= 0.6 is 0 Å². The second-order valence-corrected chi connectivity index (χ2v) is 7.32. The number of aryl methyl sites for hydroxylation is 1. The van der Waals surface area contributed by atoms with E-state index in [0.717, 1.165) is 22.4 Å². The smallest absolute Gasteiger partial charge is 0.299 e. The standard InChI is InChI=1S/C17H16N4O6S/c1-10-3-2-4-11(9-10)18-19-14-15(17(23)24)20-21(16(14)22)12-5-7-13(8-6-12)28(25,26)27/h2-9,17,20,23-24H,1H3,(H,25,26,27). The third kappa shape index (κ3) is 4.07. The van der Waals surface area contributed by atoms with Gasteiger partial charge >= 0.3 is 0 Å². The molecule has 3 aromatic rings. The molecular weight excluding hydrogens is 388 g/mol. The van der Waals surface area contributed by atoms with E-state index in [2.05, 4.69) is 15.3 Å². The van der Waals surface area contributed by atoms with Gasteiger partial charge < -0.3 is 10.2 Å². The predicted molar refractivity (Wildman–Crippen MR) is 98.7 cm³/mol. The summed E-state index contributed by atoms with van der Waals surface area (Å²) in [5.41, 5.74) is 0.290. The Morgan fingerprint density at radius 2 is 1.75 bits per heavy atom. The molecule has 3 rings (SSSR count). The minimum Gasteiger partial charge on any atom is -0.363 e. The zero-order chi connectivity index (χ0) is 20.5. The average Bonchev–Trinajstić information content (AvgIpc) is 2.96. The van der Waals surface area contributed by atoms with Crippen molar-refractivity contribution in [3.05, 3.63) is 70.1 Å². The zero-order valence-corrected chi connectivity index (χ0v) is 15.3. The number of nitrogens with one attached hydrogen (secondary N) is 1. The lowest BCUT2D eigenvalue weighted by molar-refractivity contribution is -0.0455. The molecule has 1 aromatic heterocycles. The van der Waals surface area contributed by atoms with E-state index in [4.69, 9.17) is 4.55 Å². The van der Waals surface area contributed by atoms with Crippen molar-refractivity contribution >= 4 is 21.5 Å². The number of aliphatic hydroxyl groups excluding tert-OH is 1. The largest absolute Gasteiger partial charge is 0.363 e. The van der Waals surface area contributed by atoms with Gasteiger partial charge in [0.15, 0.2) is 12.0 Å². The molecule has 0 aliphatic heterocycles. The average molecular weight is 404 g/mol. The third-order valence-corrected chi connectivity index (χ3v) is 4.68. The second-order valence-electron chi connectivity index (χ2n) is 5.90. The molecule has 0 atom stereocenters. The molecule has 0 aliphatic rings. The summed E-state index contributed by atoms with van der Waals surface area (Å²) in [4.78, 5) is 12.3. The molecule has 0 unspecified atom stereocenters. The number of azo groups is 1. The normalized spacial score (nSPS) is 12.2. The van der Waals surface area contributed by atoms with Crippen LogP contribution in [0.25, 0.3) is 5.69 Å². The Morgan fingerprint density at radius 1 is 1.07 bits per heavy atom. The molecule has 4 N–H and O–H groups in total. The van der Waals surface area contributed by atoms with Crippen molar-refractivity contribution in [2.75, 3.05) is 0 Å². The molecule has 1 heterocycles. The maximum atomic E-state index is 12.7. The van der Waals surface area contributed by atoms with E-state index in [9.17, 15) is 23.4 Å². The number of hydrogen-bond acceptors (Lipinski definition) is 7. The van der Waals surface area contributed by atoms with E-state index in [1.54, 1.807) is 18.2 Å². The Hall–Kier alpha value is -3.12. The second kappa shape index (κ2) is 7.48. The Kier molecular flexibility index (Phi) is 5.25. The summed E-state index contributed by atoms with van der Waals surface area (Å²) in [5, 5.41) is 29.4. The van der Waals surface area contributed by atoms with Gasteiger partial charge in [-0.1, -0.05) is 12.1 Å². The van der Waals surface area contributed by atoms with E-state index < -0.39 is 22.0 Å². The van der Waals surface area contributed by atoms with Gasteiger partial charge in [-0.05, 0) is 48.9 Å². The highest BCUT2D eigenvalue weighted by Crippen LogP contribution is 2.23. The summed E-state index contributed by atoms with van der Waals surface area (Å²) in [5.74, 6) is 0. The number of aromatic nitrogens is 2. The topological polar surface area (TPSA) is 157 Å². The monoisotopic (exact) mass is 404 g/mol. The minimum atomic E-state index is -4.38. The first-order valence-electron chi connectivity index (χ1n) is 7.94. The van der Waals surface area contributed by atoms with Crippen LogP contribution in [0.3, 0.4) is 0 Å². The van der Waals surface area contributed by atoms with Gasteiger partial charge in [0.1, 0.15) is 5.69 Å². The van der Waals surface area contributed by atoms with Gasteiger partial charge in [-0.3, -0.25) is 14.4 Å². The van der Waals surface area contributed by atoms with Gasteiger partial charge in [-0.2, -0.15) is 13.5 Å². The number of aliphatic hydroxyl groups is 2. The van der Waals surface area contributed by atoms with Gasteiger partial charge in [-0.25, -0.2) is 4.68 Å². The van der Waals surface area contributed by atoms with Crippen LogP contribution in [0, 0.1) is 6.92 Å². The van der Waals surface area contributed by atoms with Crippen molar-refractivity contribution in [2.45, 2.75) is 18.1 Å². The molecule has 0 spiro atoms. The highest BCUT2D eigenvalue weighted by atomic mass is 32.2. The van der Waals surface area contributed by atoms with Crippen molar-refractivity contribution in [3.63, 3.8) is 0 Å². The molecular formula is C17H16N4O6S. The summed E-state index contributed by atoms with van der Waals surface area (Å²) in [6.45, 7) is 1.86. The number of benzene rings is 2. The molecule has 0 fully saturated rings. The molecule has 0 radical (unpaired) electrons. The van der Waals surface area contributed by atoms with Crippen LogP contribution in [-0.2, 0) is 10.1 Å². The summed E-state index contributed by atoms with van der Waals surface area (Å²) in [6, 6.07) is 11.7. The van der Waals surface area contributed by atoms with E-state index in [0.29, 0.717) is 5.69 Å². The molecule has 0 bridgehead atoms. The summed E-state index contributed by atoms with van der Waals surface area (Å²) in [7, 11) is -4.38. The van der Waals surface area contributed by atoms with E-state index >= 15 is 0 Å². The molecule has 0 saturated heterocycles. The lowest BCUT2D eigenvalue weighted by Gasteiger charge is -2.03. The number of H-pyrrole nitrogens is 1. The number of aromatic amines is 1. The summed E-state index contributed by atoms with van der Waals surface area (Å²) in [6.07, 6.45) is -2.02. The Morgan fingerprint density at radius 3 is 2.32 bits per heavy atom. The van der Waals surface area contributed by atoms with Crippen molar-refractivity contribution < 1.29 is 23.2 Å². The fraction of sp³-hybridized carbons (Fsp3) is 0.118. The molecule has 0 saturated carbocycles. The van der Waals surface area contributed by atoms with Crippen LogP contribution in [0.5, 0.6) is 0 Å². The van der Waals surface area contributed by atoms with Gasteiger partial charge in [0, 0.05) is 0 Å². The quantitative estimate of drug-likeness (QED) is 0.290. The van der Waals surface area contributed by atoms with Crippen LogP contribution < -0.4 is 5.56 Å². The molecule has 0 amide bonds. The molecule has 11 heteroatoms. The van der Waals surface area contributed by atoms with Gasteiger partial charge in [0.05, 0.1) is 16.3 Å². The van der Waals surface area contributed by atoms with E-state index in [1.165, 1.54) is 12.1 Å². The summed E-state index contributed by atoms with van der Waals surface area (Å²) >= 11 is 0. The van der Waals surface area contributed by atoms with Crippen molar-refractivity contribution in [3.8, 4) is 5.69 Å². The van der Waals surface area contributed by atoms with Crippen molar-refractivity contribution in [2.24, 2.45) is 10.2 Å². The zero-order valence-electron chi connectivity index (χ0n) is 14.5. The molecule has 146 valence electrons. The van der Waals surface area contributed by atoms with Crippen LogP contribution in [0.15, 0.2) is 68.4 Å². The fourth-order valence-corrected chi connectivity index (χ4v) is 2.95. The molecule has 2 aromatic carbocycles. The Balaban J connectivity index is 2.05. The maximum Gasteiger partial charge on any atom is 0.299 e. The van der Waals surface area contributed by atoms with Gasteiger partial charge in [-0.15, -0.1) is 5.11 Å². The fourth-order valence-electron chi connectivity index (χ4n) is 2.47.